The van der Waals surface area contributed by atoms with Crippen LogP contribution in [0, 0.1) is 0 Å². The number of aromatic nitrogens is 2. The fourth-order valence-electron chi connectivity index (χ4n) is 3.87. The van der Waals surface area contributed by atoms with E-state index < -0.39 is 0 Å². The molecule has 2 aromatic heterocycles. The van der Waals surface area contributed by atoms with Gasteiger partial charge < -0.3 is 5.32 Å². The molecular weight excluding hydrogens is 402 g/mol. The van der Waals surface area contributed by atoms with Gasteiger partial charge in [0.1, 0.15) is 5.69 Å². The Kier molecular flexibility index (Phi) is 5.04. The van der Waals surface area contributed by atoms with Gasteiger partial charge in [0, 0.05) is 31.9 Å². The zero-order chi connectivity index (χ0) is 21.4. The Morgan fingerprint density at radius 3 is 2.74 bits per heavy atom. The molecule has 0 aliphatic rings. The normalized spacial score (nSPS) is 12.3. The second kappa shape index (κ2) is 8.00. The molecule has 0 saturated carbocycles. The van der Waals surface area contributed by atoms with Crippen LogP contribution in [0.3, 0.4) is 0 Å². The molecule has 0 saturated heterocycles. The second-order valence-electron chi connectivity index (χ2n) is 7.76. The van der Waals surface area contributed by atoms with Gasteiger partial charge in [0.15, 0.2) is 0 Å². The minimum absolute atomic E-state index is 0.108. The topological polar surface area (TPSA) is 46.9 Å². The summed E-state index contributed by atoms with van der Waals surface area (Å²) in [6, 6.07) is 23.4. The van der Waals surface area contributed by atoms with Gasteiger partial charge >= 0.3 is 0 Å². The first kappa shape index (κ1) is 19.5. The highest BCUT2D eigenvalue weighted by atomic mass is 32.1. The molecule has 0 aliphatic carbocycles. The van der Waals surface area contributed by atoms with Crippen LogP contribution in [-0.4, -0.2) is 21.5 Å². The Bertz CT molecular complexity index is 1400. The zero-order valence-corrected chi connectivity index (χ0v) is 18.3. The number of thiophene rings is 1. The van der Waals surface area contributed by atoms with Crippen molar-refractivity contribution in [2.75, 3.05) is 0 Å². The summed E-state index contributed by atoms with van der Waals surface area (Å²) >= 11 is 1.82. The van der Waals surface area contributed by atoms with Crippen LogP contribution in [-0.2, 0) is 0 Å². The Labute approximate surface area is 185 Å². The molecule has 1 atom stereocenters. The average Bonchev–Trinajstić information content (AvgIpc) is 3.44. The fourth-order valence-corrected chi connectivity index (χ4v) is 5.10. The Morgan fingerprint density at radius 1 is 1.06 bits per heavy atom. The molecule has 5 rings (SSSR count). The van der Waals surface area contributed by atoms with Crippen LogP contribution in [0.2, 0.25) is 0 Å². The van der Waals surface area contributed by atoms with Crippen molar-refractivity contribution in [2.24, 2.45) is 0 Å². The van der Waals surface area contributed by atoms with Crippen molar-refractivity contribution in [3.63, 3.8) is 0 Å². The van der Waals surface area contributed by atoms with Gasteiger partial charge in [-0.25, -0.2) is 4.98 Å². The molecule has 0 aliphatic heterocycles. The van der Waals surface area contributed by atoms with E-state index in [9.17, 15) is 4.79 Å². The van der Waals surface area contributed by atoms with Gasteiger partial charge in [0.05, 0.1) is 12.5 Å². The third-order valence-electron chi connectivity index (χ3n) is 5.70. The number of fused-ring (bicyclic) bond motifs is 3. The van der Waals surface area contributed by atoms with Crippen molar-refractivity contribution < 1.29 is 4.79 Å². The highest BCUT2D eigenvalue weighted by molar-refractivity contribution is 7.26. The molecule has 5 aromatic rings. The maximum atomic E-state index is 12.7. The largest absolute Gasteiger partial charge is 0.348 e. The number of hydrogen-bond donors (Lipinski definition) is 1. The molecule has 0 fully saturated rings. The number of amides is 1. The monoisotopic (exact) mass is 425 g/mol. The Morgan fingerprint density at radius 2 is 1.87 bits per heavy atom. The fraction of sp³-hybridized carbons (Fsp3) is 0.154. The van der Waals surface area contributed by atoms with E-state index in [1.807, 2.05) is 35.0 Å². The van der Waals surface area contributed by atoms with E-state index in [1.54, 1.807) is 12.5 Å². The van der Waals surface area contributed by atoms with Crippen molar-refractivity contribution in [3.05, 3.63) is 84.9 Å². The molecule has 31 heavy (non-hydrogen) atoms. The lowest BCUT2D eigenvalue weighted by Crippen LogP contribution is -2.33. The van der Waals surface area contributed by atoms with E-state index in [0.29, 0.717) is 5.69 Å². The van der Waals surface area contributed by atoms with Crippen LogP contribution in [0.1, 0.15) is 30.8 Å². The first-order valence-corrected chi connectivity index (χ1v) is 11.3. The smallest absolute Gasteiger partial charge is 0.270 e. The first-order chi connectivity index (χ1) is 15.2. The predicted molar refractivity (Wildman–Crippen MR) is 129 cm³/mol. The molecule has 154 valence electrons. The van der Waals surface area contributed by atoms with Crippen LogP contribution in [0.15, 0.2) is 79.3 Å². The lowest BCUT2D eigenvalue weighted by atomic mass is 10.0. The third kappa shape index (κ3) is 3.51. The van der Waals surface area contributed by atoms with E-state index in [2.05, 4.69) is 71.8 Å². The van der Waals surface area contributed by atoms with Crippen molar-refractivity contribution in [2.45, 2.75) is 26.3 Å². The van der Waals surface area contributed by atoms with E-state index in [0.717, 1.165) is 17.7 Å². The number of rotatable bonds is 5. The second-order valence-corrected chi connectivity index (χ2v) is 8.81. The Balaban J connectivity index is 1.59. The number of nitrogens with one attached hydrogen (secondary N) is 1. The molecule has 4 nitrogen and oxygen atoms in total. The van der Waals surface area contributed by atoms with Gasteiger partial charge in [-0.15, -0.1) is 11.3 Å². The van der Waals surface area contributed by atoms with Gasteiger partial charge in [-0.05, 0) is 42.7 Å². The molecule has 0 bridgehead atoms. The summed E-state index contributed by atoms with van der Waals surface area (Å²) in [5.41, 5.74) is 3.78. The van der Waals surface area contributed by atoms with Gasteiger partial charge in [-0.3, -0.25) is 9.36 Å². The van der Waals surface area contributed by atoms with Crippen LogP contribution in [0.4, 0.5) is 0 Å². The van der Waals surface area contributed by atoms with E-state index in [1.165, 1.54) is 25.7 Å². The van der Waals surface area contributed by atoms with Crippen molar-refractivity contribution >= 4 is 37.4 Å². The summed E-state index contributed by atoms with van der Waals surface area (Å²) in [7, 11) is 0. The zero-order valence-electron chi connectivity index (χ0n) is 17.5. The molecule has 0 unspecified atom stereocenters. The molecule has 1 N–H and O–H groups in total. The van der Waals surface area contributed by atoms with Gasteiger partial charge in [0.2, 0.25) is 0 Å². The maximum absolute atomic E-state index is 12.7. The lowest BCUT2D eigenvalue weighted by molar-refractivity contribution is 0.0932. The first-order valence-electron chi connectivity index (χ1n) is 10.5. The van der Waals surface area contributed by atoms with Crippen LogP contribution >= 0.6 is 11.3 Å². The van der Waals surface area contributed by atoms with Crippen molar-refractivity contribution in [3.8, 4) is 16.8 Å². The summed E-state index contributed by atoms with van der Waals surface area (Å²) in [5.74, 6) is -0.108. The van der Waals surface area contributed by atoms with E-state index >= 15 is 0 Å². The van der Waals surface area contributed by atoms with Crippen LogP contribution in [0.25, 0.3) is 37.0 Å². The summed E-state index contributed by atoms with van der Waals surface area (Å²) in [4.78, 5) is 17.0. The molecule has 0 radical (unpaired) electrons. The van der Waals surface area contributed by atoms with Crippen molar-refractivity contribution in [1.29, 1.82) is 0 Å². The molecule has 2 heterocycles. The van der Waals surface area contributed by atoms with Gasteiger partial charge in [-0.2, -0.15) is 0 Å². The Hall–Kier alpha value is -3.44. The number of hydrogen-bond acceptors (Lipinski definition) is 3. The maximum Gasteiger partial charge on any atom is 0.270 e. The lowest BCUT2D eigenvalue weighted by Gasteiger charge is -2.13. The van der Waals surface area contributed by atoms with Gasteiger partial charge in [-0.1, -0.05) is 55.5 Å². The van der Waals surface area contributed by atoms with E-state index in [4.69, 9.17) is 0 Å². The molecule has 0 spiro atoms. The minimum Gasteiger partial charge on any atom is -0.348 e. The number of carbonyl (C=O) groups is 1. The van der Waals surface area contributed by atoms with E-state index in [-0.39, 0.29) is 11.9 Å². The quantitative estimate of drug-likeness (QED) is 0.352. The number of nitrogens with zero attached hydrogens (tertiary/aromatic N) is 2. The molecule has 1 amide bonds. The van der Waals surface area contributed by atoms with Crippen LogP contribution < -0.4 is 5.32 Å². The number of benzene rings is 3. The van der Waals surface area contributed by atoms with Crippen LogP contribution in [0.5, 0.6) is 0 Å². The SMILES string of the molecule is CC[C@H](C)NC(=O)c1cncn1-c1cccc(-c2cccc3c2sc2ccccc23)c1. The minimum atomic E-state index is -0.108. The average molecular weight is 426 g/mol. The standard InChI is InChI=1S/C26H23N3OS/c1-3-17(2)28-26(30)23-15-27-16-29(23)19-9-6-8-18(14-19)20-11-7-12-22-21-10-4-5-13-24(21)31-25(20)22/h4-17H,3H2,1-2H3,(H,28,30)/t17-/m0/s1. The third-order valence-corrected chi connectivity index (χ3v) is 6.92. The highest BCUT2D eigenvalue weighted by Crippen LogP contribution is 2.40. The predicted octanol–water partition coefficient (Wildman–Crippen LogP) is 6.44. The highest BCUT2D eigenvalue weighted by Gasteiger charge is 2.16. The number of carbonyl (C=O) groups excluding carboxylic acids is 1. The molecule has 5 heteroatoms. The van der Waals surface area contributed by atoms with Crippen molar-refractivity contribution in [1.82, 2.24) is 14.9 Å². The summed E-state index contributed by atoms with van der Waals surface area (Å²) in [5, 5.41) is 5.60. The van der Waals surface area contributed by atoms with Gasteiger partial charge in [0.25, 0.3) is 5.91 Å². The molecular formula is C26H23N3OS. The molecule has 3 aromatic carbocycles. The summed E-state index contributed by atoms with van der Waals surface area (Å²) in [6.45, 7) is 4.06. The summed E-state index contributed by atoms with van der Waals surface area (Å²) in [6.07, 6.45) is 4.20. The number of imidazole rings is 1. The summed E-state index contributed by atoms with van der Waals surface area (Å²) < 4.78 is 4.42.